The molecular formula is C89H109ClF2O2S9Sn. The van der Waals surface area contributed by atoms with Crippen LogP contribution in [-0.2, 0) is 32.1 Å². The number of carbonyl (C=O) groups excluding carboxylic acids is 2. The first kappa shape index (κ1) is 81.5. The molecule has 9 aromatic heterocycles. The molecule has 11 aromatic rings. The van der Waals surface area contributed by atoms with E-state index in [0.717, 1.165) is 135 Å². The summed E-state index contributed by atoms with van der Waals surface area (Å²) >= 11 is 20.7. The number of benzene rings is 2. The van der Waals surface area contributed by atoms with Crippen LogP contribution in [0.5, 0.6) is 0 Å². The Balaban J connectivity index is 1.14. The van der Waals surface area contributed by atoms with Crippen LogP contribution in [0.1, 0.15) is 268 Å². The quantitative estimate of drug-likeness (QED) is 0.0217. The van der Waals surface area contributed by atoms with Crippen molar-refractivity contribution >= 4 is 168 Å². The molecule has 9 heterocycles. The molecule has 15 heteroatoms. The van der Waals surface area contributed by atoms with Gasteiger partial charge in [-0.15, -0.1) is 45.3 Å². The van der Waals surface area contributed by atoms with Crippen LogP contribution in [0, 0.1) is 17.6 Å². The van der Waals surface area contributed by atoms with Gasteiger partial charge >= 0.3 is 289 Å². The van der Waals surface area contributed by atoms with E-state index in [2.05, 4.69) is 111 Å². The van der Waals surface area contributed by atoms with Gasteiger partial charge in [-0.25, -0.2) is 0 Å². The number of fused-ring (bicyclic) bond motifs is 2. The topological polar surface area (TPSA) is 34.1 Å². The fraction of sp³-hybridized carbons (Fsp3) is 0.483. The first-order chi connectivity index (χ1) is 50.6. The zero-order chi connectivity index (χ0) is 73.3. The van der Waals surface area contributed by atoms with Gasteiger partial charge in [0, 0.05) is 19.5 Å². The first-order valence-electron chi connectivity index (χ1n) is 39.5. The van der Waals surface area contributed by atoms with E-state index in [1.165, 1.54) is 226 Å². The van der Waals surface area contributed by atoms with Gasteiger partial charge in [0.2, 0.25) is 0 Å². The summed E-state index contributed by atoms with van der Waals surface area (Å²) in [4.78, 5) is 49.4. The van der Waals surface area contributed by atoms with Crippen molar-refractivity contribution in [1.82, 2.24) is 0 Å². The number of aldehydes is 2. The normalized spacial score (nSPS) is 12.4. The molecule has 0 fully saturated rings. The number of hydrogen-bond donors (Lipinski definition) is 0. The van der Waals surface area contributed by atoms with Gasteiger partial charge in [0.05, 0.1) is 9.75 Å². The second-order valence-electron chi connectivity index (χ2n) is 30.1. The van der Waals surface area contributed by atoms with Gasteiger partial charge in [-0.1, -0.05) is 196 Å². The zero-order valence-electron chi connectivity index (χ0n) is 63.2. The number of hydrogen-bond acceptors (Lipinski definition) is 11. The second kappa shape index (κ2) is 40.0. The number of rotatable bonds is 45. The van der Waals surface area contributed by atoms with Gasteiger partial charge in [0.25, 0.3) is 0 Å². The Labute approximate surface area is 666 Å². The third kappa shape index (κ3) is 20.4. The standard InChI is InChI=1S/C86H100ClF2O2S9.3CH3.Sn/c1-7-13-19-25-26-28-34-56(33-27-20-14-8-2)43-71-68(87)53-76(94-71)80-67-52-75(73-47-58(36-30-22-16-10-4)84(96-73)78-49-60(38-32-24-18-12-6)82(100-78)70-42-40-65(55-91)93-70)97-85(67)79(61-44-62(88)50-63(89)45-61)66-51-74(98-86(66)80)72-46-57(35-29-21-15-9-3)83(95-72)77-48-59(37-31-23-17-11-5)81(99-77)69-41-39-64(54-90)92-69;;;;/h39-42,44-49,51-56H,7-38,43H2,1-6H3;3*1H3;. The van der Waals surface area contributed by atoms with Gasteiger partial charge in [-0.05, 0) is 92.0 Å². The van der Waals surface area contributed by atoms with E-state index in [9.17, 15) is 9.59 Å². The Morgan fingerprint density at radius 1 is 0.375 bits per heavy atom. The van der Waals surface area contributed by atoms with Crippen molar-refractivity contribution in [2.75, 3.05) is 0 Å². The molecule has 1 atom stereocenters. The summed E-state index contributed by atoms with van der Waals surface area (Å²) in [5.74, 6) is -0.306. The molecule has 0 aliphatic rings. The average molecular weight is 1690 g/mol. The number of unbranched alkanes of at least 4 members (excludes halogenated alkanes) is 20. The van der Waals surface area contributed by atoms with E-state index in [1.54, 1.807) is 46.1 Å². The average Bonchev–Trinajstić information content (AvgIpc) is 1.57. The summed E-state index contributed by atoms with van der Waals surface area (Å²) < 4.78 is 37.3. The number of halogens is 3. The minimum absolute atomic E-state index is 0.314. The van der Waals surface area contributed by atoms with Crippen LogP contribution in [-0.4, -0.2) is 30.9 Å². The molecule has 0 aliphatic heterocycles. The van der Waals surface area contributed by atoms with Crippen molar-refractivity contribution in [3.8, 4) is 80.1 Å². The van der Waals surface area contributed by atoms with Crippen LogP contribution in [0.4, 0.5) is 8.78 Å². The number of aryl methyl sites for hydroxylation is 4. The van der Waals surface area contributed by atoms with Crippen LogP contribution in [0.2, 0.25) is 19.8 Å². The maximum absolute atomic E-state index is 17.4. The molecule has 0 N–H and O–H groups in total. The van der Waals surface area contributed by atoms with Gasteiger partial charge in [0.15, 0.2) is 12.6 Å². The molecule has 0 spiro atoms. The van der Waals surface area contributed by atoms with Crippen molar-refractivity contribution < 1.29 is 18.4 Å². The molecule has 2 nitrogen and oxygen atoms in total. The molecular weight excluding hydrogens is 1580 g/mol. The maximum atomic E-state index is 17.4. The van der Waals surface area contributed by atoms with Crippen molar-refractivity contribution in [2.45, 2.75) is 268 Å². The molecule has 0 amide bonds. The van der Waals surface area contributed by atoms with Gasteiger partial charge in [-0.2, -0.15) is 0 Å². The van der Waals surface area contributed by atoms with E-state index in [4.69, 9.17) is 11.6 Å². The predicted octanol–water partition coefficient (Wildman–Crippen LogP) is 33.4. The van der Waals surface area contributed by atoms with Gasteiger partial charge in [-0.3, -0.25) is 9.59 Å². The van der Waals surface area contributed by atoms with E-state index < -0.39 is 30.0 Å². The summed E-state index contributed by atoms with van der Waals surface area (Å²) in [7, 11) is 0. The Kier molecular flexibility index (Phi) is 31.3. The van der Waals surface area contributed by atoms with Gasteiger partial charge in [0.1, 0.15) is 0 Å². The van der Waals surface area contributed by atoms with E-state index >= 15 is 8.78 Å². The van der Waals surface area contributed by atoms with Crippen LogP contribution in [0.3, 0.4) is 0 Å². The fourth-order valence-electron chi connectivity index (χ4n) is 15.1. The summed E-state index contributed by atoms with van der Waals surface area (Å²) in [5, 5.41) is 2.98. The van der Waals surface area contributed by atoms with E-state index in [0.29, 0.717) is 15.1 Å². The molecule has 556 valence electrons. The Hall–Kier alpha value is -3.45. The molecule has 0 radical (unpaired) electrons. The molecule has 0 bridgehead atoms. The molecule has 104 heavy (non-hydrogen) atoms. The van der Waals surface area contributed by atoms with Crippen molar-refractivity contribution in [2.24, 2.45) is 5.92 Å². The fourth-order valence-corrected chi connectivity index (χ4v) is 31.0. The van der Waals surface area contributed by atoms with Crippen LogP contribution >= 0.6 is 114 Å². The second-order valence-corrected chi connectivity index (χ2v) is 54.5. The summed E-state index contributed by atoms with van der Waals surface area (Å²) in [6.07, 6.45) is 40.8. The third-order valence-corrected chi connectivity index (χ3v) is 38.2. The monoisotopic (exact) mass is 1690 g/mol. The molecule has 0 saturated carbocycles. The SMILES string of the molecule is CCCCCCCCC(CCCCCC)Cc1sc(-c2c3cc(-c4cc(CCCCCC)c(-c5cc(CCCCCC)c(-c6ccc(C=O)s6)s5)s4)sc3c(-c3cc(F)[c]([Sn]([CH3])([CH3])[CH3])c(F)c3)c3cc(-c4cc(CCCCCC)c(-c5cc(CCCCCC)c(-c6ccc(C=O)s6)s5)s4)sc23)cc1Cl. The molecule has 0 saturated heterocycles. The Morgan fingerprint density at radius 3 is 1.14 bits per heavy atom. The molecule has 2 aromatic carbocycles. The van der Waals surface area contributed by atoms with Crippen molar-refractivity contribution in [1.29, 1.82) is 0 Å². The van der Waals surface area contributed by atoms with Crippen molar-refractivity contribution in [3.63, 3.8) is 0 Å². The number of carbonyl (C=O) groups is 2. The van der Waals surface area contributed by atoms with Crippen LogP contribution in [0.15, 0.2) is 78.9 Å². The Morgan fingerprint density at radius 2 is 0.731 bits per heavy atom. The Bertz CT molecular complexity index is 4350. The van der Waals surface area contributed by atoms with Crippen LogP contribution in [0.25, 0.3) is 100 Å². The van der Waals surface area contributed by atoms with Crippen molar-refractivity contribution in [3.05, 3.63) is 132 Å². The van der Waals surface area contributed by atoms with E-state index in [-0.39, 0.29) is 0 Å². The van der Waals surface area contributed by atoms with Crippen LogP contribution < -0.4 is 3.58 Å². The zero-order valence-corrected chi connectivity index (χ0v) is 74.2. The summed E-state index contributed by atoms with van der Waals surface area (Å²) in [6.45, 7) is 13.7. The minimum atomic E-state index is -3.34. The van der Waals surface area contributed by atoms with Gasteiger partial charge < -0.3 is 0 Å². The van der Waals surface area contributed by atoms with E-state index in [1.807, 2.05) is 80.2 Å². The third-order valence-electron chi connectivity index (χ3n) is 20.7. The summed E-state index contributed by atoms with van der Waals surface area (Å²) in [5.41, 5.74) is 8.16. The first-order valence-corrected chi connectivity index (χ1v) is 57.3. The molecule has 11 rings (SSSR count). The predicted molar refractivity (Wildman–Crippen MR) is 470 cm³/mol. The summed E-state index contributed by atoms with van der Waals surface area (Å²) in [6, 6.07) is 28.7. The molecule has 1 unspecified atom stereocenters. The molecule has 0 aliphatic carbocycles. The number of thiophene rings is 9.